The standard InChI is InChI=1S/C11H11BrO/c1-8-3-5-10(6-4-8)11(7-13)9(2)12/h3-7H,1-2H3/b11-9+. The molecule has 0 atom stereocenters. The van der Waals surface area contributed by atoms with Crippen LogP contribution in [0.5, 0.6) is 0 Å². The van der Waals surface area contributed by atoms with Gasteiger partial charge in [-0.05, 0) is 19.4 Å². The van der Waals surface area contributed by atoms with E-state index in [0.717, 1.165) is 16.3 Å². The van der Waals surface area contributed by atoms with Crippen molar-refractivity contribution < 1.29 is 4.79 Å². The van der Waals surface area contributed by atoms with Crippen LogP contribution in [0, 0.1) is 6.92 Å². The van der Waals surface area contributed by atoms with Crippen LogP contribution in [0.25, 0.3) is 5.57 Å². The summed E-state index contributed by atoms with van der Waals surface area (Å²) in [4.78, 5) is 10.7. The monoisotopic (exact) mass is 238 g/mol. The van der Waals surface area contributed by atoms with Crippen LogP contribution in [0.4, 0.5) is 0 Å². The number of aryl methyl sites for hydroxylation is 1. The first-order valence-corrected chi connectivity index (χ1v) is 4.83. The van der Waals surface area contributed by atoms with Crippen molar-refractivity contribution in [2.45, 2.75) is 13.8 Å². The van der Waals surface area contributed by atoms with Crippen LogP contribution in [0.15, 0.2) is 28.7 Å². The fourth-order valence-electron chi connectivity index (χ4n) is 1.08. The minimum Gasteiger partial charge on any atom is -0.298 e. The van der Waals surface area contributed by atoms with Crippen LogP contribution < -0.4 is 0 Å². The third kappa shape index (κ3) is 2.52. The number of benzene rings is 1. The summed E-state index contributed by atoms with van der Waals surface area (Å²) in [6.45, 7) is 3.89. The van der Waals surface area contributed by atoms with Crippen molar-refractivity contribution in [2.75, 3.05) is 0 Å². The minimum absolute atomic E-state index is 0.708. The summed E-state index contributed by atoms with van der Waals surface area (Å²) in [7, 11) is 0. The van der Waals surface area contributed by atoms with Crippen molar-refractivity contribution in [3.8, 4) is 0 Å². The van der Waals surface area contributed by atoms with Gasteiger partial charge in [0.25, 0.3) is 0 Å². The largest absolute Gasteiger partial charge is 0.298 e. The number of hydrogen-bond acceptors (Lipinski definition) is 1. The zero-order valence-electron chi connectivity index (χ0n) is 7.67. The molecule has 0 heterocycles. The summed E-state index contributed by atoms with van der Waals surface area (Å²) in [6.07, 6.45) is 0.870. The maximum Gasteiger partial charge on any atom is 0.151 e. The SMILES string of the molecule is C/C(Br)=C(/C=O)c1ccc(C)cc1. The Bertz CT molecular complexity index is 332. The second kappa shape index (κ2) is 4.38. The summed E-state index contributed by atoms with van der Waals surface area (Å²) in [5.74, 6) is 0. The van der Waals surface area contributed by atoms with Gasteiger partial charge in [-0.3, -0.25) is 4.79 Å². The van der Waals surface area contributed by atoms with Gasteiger partial charge in [-0.1, -0.05) is 45.8 Å². The predicted octanol–water partition coefficient (Wildman–Crippen LogP) is 3.32. The van der Waals surface area contributed by atoms with E-state index in [2.05, 4.69) is 15.9 Å². The summed E-state index contributed by atoms with van der Waals surface area (Å²) in [5.41, 5.74) is 2.86. The van der Waals surface area contributed by atoms with E-state index < -0.39 is 0 Å². The third-order valence-corrected chi connectivity index (χ3v) is 2.28. The van der Waals surface area contributed by atoms with Gasteiger partial charge in [0.2, 0.25) is 0 Å². The van der Waals surface area contributed by atoms with Gasteiger partial charge in [0.05, 0.1) is 0 Å². The first-order chi connectivity index (χ1) is 6.15. The Morgan fingerprint density at radius 1 is 1.31 bits per heavy atom. The zero-order valence-corrected chi connectivity index (χ0v) is 9.26. The van der Waals surface area contributed by atoms with Crippen LogP contribution in [0.2, 0.25) is 0 Å². The maximum atomic E-state index is 10.7. The molecule has 1 aromatic rings. The lowest BCUT2D eigenvalue weighted by atomic mass is 10.1. The maximum absolute atomic E-state index is 10.7. The average molecular weight is 239 g/mol. The molecule has 0 aliphatic heterocycles. The van der Waals surface area contributed by atoms with Crippen molar-refractivity contribution in [3.63, 3.8) is 0 Å². The van der Waals surface area contributed by atoms with Crippen LogP contribution >= 0.6 is 15.9 Å². The van der Waals surface area contributed by atoms with Gasteiger partial charge in [-0.15, -0.1) is 0 Å². The highest BCUT2D eigenvalue weighted by molar-refractivity contribution is 9.11. The van der Waals surface area contributed by atoms with E-state index in [1.54, 1.807) is 0 Å². The van der Waals surface area contributed by atoms with Gasteiger partial charge in [0, 0.05) is 10.1 Å². The molecule has 0 saturated carbocycles. The number of carbonyl (C=O) groups excluding carboxylic acids is 1. The molecule has 0 fully saturated rings. The van der Waals surface area contributed by atoms with Crippen LogP contribution in [-0.4, -0.2) is 6.29 Å². The van der Waals surface area contributed by atoms with Crippen LogP contribution in [-0.2, 0) is 4.79 Å². The molecule has 0 amide bonds. The van der Waals surface area contributed by atoms with E-state index in [9.17, 15) is 4.79 Å². The molecular formula is C11H11BrO. The zero-order chi connectivity index (χ0) is 9.84. The van der Waals surface area contributed by atoms with Gasteiger partial charge < -0.3 is 0 Å². The molecule has 0 bridgehead atoms. The quantitative estimate of drug-likeness (QED) is 0.571. The molecule has 68 valence electrons. The number of allylic oxidation sites excluding steroid dienone is 2. The Morgan fingerprint density at radius 3 is 2.23 bits per heavy atom. The van der Waals surface area contributed by atoms with Crippen molar-refractivity contribution in [1.29, 1.82) is 0 Å². The minimum atomic E-state index is 0.708. The van der Waals surface area contributed by atoms with E-state index in [1.165, 1.54) is 5.56 Å². The van der Waals surface area contributed by atoms with Gasteiger partial charge in [0.15, 0.2) is 6.29 Å². The highest BCUT2D eigenvalue weighted by Gasteiger charge is 2.01. The predicted molar refractivity (Wildman–Crippen MR) is 58.8 cm³/mol. The molecule has 0 aliphatic rings. The summed E-state index contributed by atoms with van der Waals surface area (Å²) in [6, 6.07) is 7.89. The number of carbonyl (C=O) groups is 1. The average Bonchev–Trinajstić information content (AvgIpc) is 2.09. The smallest absolute Gasteiger partial charge is 0.151 e. The molecule has 0 unspecified atom stereocenters. The Hall–Kier alpha value is -0.890. The Morgan fingerprint density at radius 2 is 1.85 bits per heavy atom. The van der Waals surface area contributed by atoms with Crippen molar-refractivity contribution in [1.82, 2.24) is 0 Å². The Labute approximate surface area is 86.6 Å². The fourth-order valence-corrected chi connectivity index (χ4v) is 1.40. The molecule has 0 spiro atoms. The molecule has 0 saturated heterocycles. The molecule has 1 rings (SSSR count). The number of aldehydes is 1. The van der Waals surface area contributed by atoms with Crippen molar-refractivity contribution in [2.24, 2.45) is 0 Å². The topological polar surface area (TPSA) is 17.1 Å². The van der Waals surface area contributed by atoms with Gasteiger partial charge in [-0.2, -0.15) is 0 Å². The van der Waals surface area contributed by atoms with Crippen LogP contribution in [0.3, 0.4) is 0 Å². The lowest BCUT2D eigenvalue weighted by molar-refractivity contribution is -0.103. The van der Waals surface area contributed by atoms with E-state index in [0.29, 0.717) is 5.57 Å². The molecule has 0 aliphatic carbocycles. The number of hydrogen-bond donors (Lipinski definition) is 0. The molecule has 13 heavy (non-hydrogen) atoms. The highest BCUT2D eigenvalue weighted by atomic mass is 79.9. The van der Waals surface area contributed by atoms with E-state index in [1.807, 2.05) is 38.1 Å². The molecule has 2 heteroatoms. The molecular weight excluding hydrogens is 228 g/mol. The van der Waals surface area contributed by atoms with E-state index in [4.69, 9.17) is 0 Å². The first-order valence-electron chi connectivity index (χ1n) is 4.03. The summed E-state index contributed by atoms with van der Waals surface area (Å²) in [5, 5.41) is 0. The van der Waals surface area contributed by atoms with E-state index in [-0.39, 0.29) is 0 Å². The number of rotatable bonds is 2. The summed E-state index contributed by atoms with van der Waals surface area (Å²) >= 11 is 3.30. The lowest BCUT2D eigenvalue weighted by Gasteiger charge is -2.01. The number of halogens is 1. The first kappa shape index (κ1) is 10.2. The fraction of sp³-hybridized carbons (Fsp3) is 0.182. The second-order valence-corrected chi connectivity index (χ2v) is 4.12. The lowest BCUT2D eigenvalue weighted by Crippen LogP contribution is -1.87. The Balaban J connectivity index is 3.15. The second-order valence-electron chi connectivity index (χ2n) is 2.93. The molecule has 1 aromatic carbocycles. The molecule has 1 nitrogen and oxygen atoms in total. The van der Waals surface area contributed by atoms with Gasteiger partial charge >= 0.3 is 0 Å². The third-order valence-electron chi connectivity index (χ3n) is 1.85. The van der Waals surface area contributed by atoms with Gasteiger partial charge in [-0.25, -0.2) is 0 Å². The van der Waals surface area contributed by atoms with Crippen molar-refractivity contribution >= 4 is 27.8 Å². The van der Waals surface area contributed by atoms with Gasteiger partial charge in [0.1, 0.15) is 0 Å². The highest BCUT2D eigenvalue weighted by Crippen LogP contribution is 2.20. The normalized spacial score (nSPS) is 12.2. The molecule has 0 radical (unpaired) electrons. The van der Waals surface area contributed by atoms with Crippen molar-refractivity contribution in [3.05, 3.63) is 39.9 Å². The molecule has 0 N–H and O–H groups in total. The van der Waals surface area contributed by atoms with E-state index >= 15 is 0 Å². The molecule has 0 aromatic heterocycles. The van der Waals surface area contributed by atoms with Crippen LogP contribution in [0.1, 0.15) is 18.1 Å². The summed E-state index contributed by atoms with van der Waals surface area (Å²) < 4.78 is 0.867. The Kier molecular flexibility index (Phi) is 3.43.